The molecule has 0 heterocycles. The molecule has 0 saturated carbocycles. The maximum absolute atomic E-state index is 11.3. The molecule has 76 valence electrons. The lowest BCUT2D eigenvalue weighted by molar-refractivity contribution is -0.136. The summed E-state index contributed by atoms with van der Waals surface area (Å²) in [6.45, 7) is 0. The summed E-state index contributed by atoms with van der Waals surface area (Å²) in [6, 6.07) is 0. The van der Waals surface area contributed by atoms with E-state index in [-0.39, 0.29) is 5.97 Å². The Morgan fingerprint density at radius 3 is 2.87 bits per heavy atom. The highest BCUT2D eigenvalue weighted by molar-refractivity contribution is 5.90. The van der Waals surface area contributed by atoms with Crippen molar-refractivity contribution in [3.05, 3.63) is 59.3 Å². The molecule has 2 nitrogen and oxygen atoms in total. The normalized spacial score (nSPS) is 18.3. The van der Waals surface area contributed by atoms with Crippen molar-refractivity contribution in [1.29, 1.82) is 0 Å². The van der Waals surface area contributed by atoms with Gasteiger partial charge in [0.1, 0.15) is 0 Å². The predicted octanol–water partition coefficient (Wildman–Crippen LogP) is 2.47. The van der Waals surface area contributed by atoms with Crippen LogP contribution in [0.15, 0.2) is 59.3 Å². The first-order valence-electron chi connectivity index (χ1n) is 4.84. The molecule has 2 rings (SSSR count). The number of hydrogen-bond donors (Lipinski definition) is 0. The molecule has 0 radical (unpaired) electrons. The van der Waals surface area contributed by atoms with E-state index in [9.17, 15) is 4.79 Å². The van der Waals surface area contributed by atoms with E-state index in [4.69, 9.17) is 4.74 Å². The van der Waals surface area contributed by atoms with Crippen LogP contribution < -0.4 is 0 Å². The second-order valence-electron chi connectivity index (χ2n) is 3.42. The Morgan fingerprint density at radius 2 is 2.07 bits per heavy atom. The molecule has 0 unspecified atom stereocenters. The standard InChI is InChI=1S/C13H12O2/c1-15-13(14)12-8-7-10-5-3-2-4-6-11(10)9-12/h2-8H,9H2,1H3. The van der Waals surface area contributed by atoms with E-state index in [1.165, 1.54) is 7.11 Å². The highest BCUT2D eigenvalue weighted by Gasteiger charge is 2.16. The summed E-state index contributed by atoms with van der Waals surface area (Å²) in [5.41, 5.74) is 3.02. The topological polar surface area (TPSA) is 26.3 Å². The zero-order valence-corrected chi connectivity index (χ0v) is 8.57. The quantitative estimate of drug-likeness (QED) is 0.608. The van der Waals surface area contributed by atoms with Crippen molar-refractivity contribution in [3.8, 4) is 0 Å². The van der Waals surface area contributed by atoms with E-state index >= 15 is 0 Å². The van der Waals surface area contributed by atoms with E-state index in [0.29, 0.717) is 12.0 Å². The number of hydrogen-bond acceptors (Lipinski definition) is 2. The first-order valence-corrected chi connectivity index (χ1v) is 4.84. The third-order valence-electron chi connectivity index (χ3n) is 2.46. The van der Waals surface area contributed by atoms with Gasteiger partial charge >= 0.3 is 5.97 Å². The van der Waals surface area contributed by atoms with Gasteiger partial charge in [-0.2, -0.15) is 0 Å². The maximum Gasteiger partial charge on any atom is 0.334 e. The van der Waals surface area contributed by atoms with Crippen LogP contribution in [-0.4, -0.2) is 13.1 Å². The summed E-state index contributed by atoms with van der Waals surface area (Å²) in [7, 11) is 1.41. The van der Waals surface area contributed by atoms with Crippen LogP contribution in [0.1, 0.15) is 6.42 Å². The van der Waals surface area contributed by atoms with Gasteiger partial charge in [0.15, 0.2) is 0 Å². The second-order valence-corrected chi connectivity index (χ2v) is 3.42. The van der Waals surface area contributed by atoms with Crippen molar-refractivity contribution < 1.29 is 9.53 Å². The fourth-order valence-electron chi connectivity index (χ4n) is 1.65. The van der Waals surface area contributed by atoms with Crippen LogP contribution >= 0.6 is 0 Å². The number of carbonyl (C=O) groups excluding carboxylic acids is 1. The van der Waals surface area contributed by atoms with Crippen LogP contribution in [0.25, 0.3) is 0 Å². The van der Waals surface area contributed by atoms with Gasteiger partial charge in [-0.1, -0.05) is 42.5 Å². The molecule has 0 spiro atoms. The molecule has 0 atom stereocenters. The van der Waals surface area contributed by atoms with Gasteiger partial charge in [0.05, 0.1) is 7.11 Å². The zero-order valence-electron chi connectivity index (χ0n) is 8.57. The fourth-order valence-corrected chi connectivity index (χ4v) is 1.65. The Kier molecular flexibility index (Phi) is 2.68. The molecule has 0 N–H and O–H groups in total. The number of methoxy groups -OCH3 is 1. The number of ether oxygens (including phenoxy) is 1. The minimum atomic E-state index is -0.247. The van der Waals surface area contributed by atoms with E-state index < -0.39 is 0 Å². The van der Waals surface area contributed by atoms with Crippen molar-refractivity contribution in [1.82, 2.24) is 0 Å². The predicted molar refractivity (Wildman–Crippen MR) is 59.2 cm³/mol. The molecule has 2 heteroatoms. The fraction of sp³-hybridized carbons (Fsp3) is 0.154. The van der Waals surface area contributed by atoms with E-state index in [2.05, 4.69) is 0 Å². The Balaban J connectivity index is 2.32. The highest BCUT2D eigenvalue weighted by Crippen LogP contribution is 2.27. The molecule has 0 amide bonds. The summed E-state index contributed by atoms with van der Waals surface area (Å²) >= 11 is 0. The summed E-state index contributed by atoms with van der Waals surface area (Å²) in [5.74, 6) is -0.247. The van der Waals surface area contributed by atoms with Crippen molar-refractivity contribution in [2.45, 2.75) is 6.42 Å². The summed E-state index contributed by atoms with van der Waals surface area (Å²) in [6.07, 6.45) is 14.4. The summed E-state index contributed by atoms with van der Waals surface area (Å²) < 4.78 is 4.70. The number of allylic oxidation sites excluding steroid dienone is 9. The van der Waals surface area contributed by atoms with Crippen molar-refractivity contribution >= 4 is 5.97 Å². The Morgan fingerprint density at radius 1 is 1.20 bits per heavy atom. The van der Waals surface area contributed by atoms with Crippen LogP contribution in [0.3, 0.4) is 0 Å². The molecule has 2 aliphatic rings. The Hall–Kier alpha value is -1.83. The van der Waals surface area contributed by atoms with Crippen LogP contribution in [0.2, 0.25) is 0 Å². The largest absolute Gasteiger partial charge is 0.466 e. The molecule has 2 aliphatic carbocycles. The molecule has 0 bridgehead atoms. The lowest BCUT2D eigenvalue weighted by atomic mass is 9.92. The average molecular weight is 200 g/mol. The molecular formula is C13H12O2. The SMILES string of the molecule is COC(=O)C1=CC=C2C=CC=CC=C2C1. The smallest absolute Gasteiger partial charge is 0.334 e. The van der Waals surface area contributed by atoms with Crippen molar-refractivity contribution in [2.24, 2.45) is 0 Å². The minimum Gasteiger partial charge on any atom is -0.466 e. The molecule has 0 fully saturated rings. The average Bonchev–Trinajstić information content (AvgIpc) is 2.51. The lowest BCUT2D eigenvalue weighted by Gasteiger charge is -2.13. The van der Waals surface area contributed by atoms with Crippen LogP contribution in [-0.2, 0) is 9.53 Å². The third-order valence-corrected chi connectivity index (χ3v) is 2.46. The minimum absolute atomic E-state index is 0.247. The Bertz CT molecular complexity index is 431. The second kappa shape index (κ2) is 4.13. The molecule has 15 heavy (non-hydrogen) atoms. The molecule has 0 aromatic rings. The zero-order chi connectivity index (χ0) is 10.7. The van der Waals surface area contributed by atoms with Crippen LogP contribution in [0.4, 0.5) is 0 Å². The van der Waals surface area contributed by atoms with Crippen molar-refractivity contribution in [3.63, 3.8) is 0 Å². The molecule has 0 aromatic carbocycles. The van der Waals surface area contributed by atoms with Gasteiger partial charge in [-0.3, -0.25) is 0 Å². The van der Waals surface area contributed by atoms with Gasteiger partial charge in [0, 0.05) is 12.0 Å². The molecule has 0 aromatic heterocycles. The Labute approximate surface area is 88.9 Å². The maximum atomic E-state index is 11.3. The van der Waals surface area contributed by atoms with Gasteiger partial charge < -0.3 is 4.74 Å². The van der Waals surface area contributed by atoms with E-state index in [1.54, 1.807) is 0 Å². The van der Waals surface area contributed by atoms with E-state index in [0.717, 1.165) is 11.1 Å². The van der Waals surface area contributed by atoms with Crippen LogP contribution in [0, 0.1) is 0 Å². The summed E-state index contributed by atoms with van der Waals surface area (Å²) in [4.78, 5) is 11.3. The lowest BCUT2D eigenvalue weighted by Crippen LogP contribution is -2.08. The number of carbonyl (C=O) groups is 1. The van der Waals surface area contributed by atoms with Gasteiger partial charge in [-0.25, -0.2) is 4.79 Å². The first kappa shape index (κ1) is 9.71. The van der Waals surface area contributed by atoms with Crippen LogP contribution in [0.5, 0.6) is 0 Å². The molecule has 0 saturated heterocycles. The number of fused-ring (bicyclic) bond motifs is 1. The number of rotatable bonds is 1. The van der Waals surface area contributed by atoms with Gasteiger partial charge in [0.2, 0.25) is 0 Å². The number of esters is 1. The monoisotopic (exact) mass is 200 g/mol. The summed E-state index contributed by atoms with van der Waals surface area (Å²) in [5, 5.41) is 0. The first-order chi connectivity index (χ1) is 7.31. The van der Waals surface area contributed by atoms with Gasteiger partial charge in [-0.15, -0.1) is 0 Å². The highest BCUT2D eigenvalue weighted by atomic mass is 16.5. The molecule has 0 aliphatic heterocycles. The van der Waals surface area contributed by atoms with Gasteiger partial charge in [-0.05, 0) is 11.1 Å². The third kappa shape index (κ3) is 1.99. The molecular weight excluding hydrogens is 188 g/mol. The van der Waals surface area contributed by atoms with Gasteiger partial charge in [0.25, 0.3) is 0 Å². The van der Waals surface area contributed by atoms with Crippen molar-refractivity contribution in [2.75, 3.05) is 7.11 Å². The van der Waals surface area contributed by atoms with E-state index in [1.807, 2.05) is 42.5 Å².